The van der Waals surface area contributed by atoms with Crippen LogP contribution in [0.2, 0.25) is 5.02 Å². The highest BCUT2D eigenvalue weighted by Crippen LogP contribution is 2.28. The van der Waals surface area contributed by atoms with E-state index < -0.39 is 0 Å². The SMILES string of the molecule is CCOc1ccc(C=CC(=O)N(C)Cc2ccc(Cl)cc2)cc1OC. The molecule has 0 saturated carbocycles. The molecule has 2 rings (SSSR count). The molecule has 0 spiro atoms. The minimum absolute atomic E-state index is 0.0807. The largest absolute Gasteiger partial charge is 0.493 e. The second kappa shape index (κ2) is 9.14. The zero-order valence-electron chi connectivity index (χ0n) is 14.7. The van der Waals surface area contributed by atoms with E-state index in [1.165, 1.54) is 0 Å². The Morgan fingerprint density at radius 3 is 2.52 bits per heavy atom. The van der Waals surface area contributed by atoms with Crippen LogP contribution in [0, 0.1) is 0 Å². The van der Waals surface area contributed by atoms with E-state index in [0.29, 0.717) is 29.7 Å². The van der Waals surface area contributed by atoms with E-state index in [0.717, 1.165) is 11.1 Å². The van der Waals surface area contributed by atoms with Crippen molar-refractivity contribution in [3.05, 3.63) is 64.7 Å². The lowest BCUT2D eigenvalue weighted by atomic mass is 10.1. The Morgan fingerprint density at radius 2 is 1.88 bits per heavy atom. The van der Waals surface area contributed by atoms with Crippen LogP contribution in [0.4, 0.5) is 0 Å². The fourth-order valence-corrected chi connectivity index (χ4v) is 2.42. The van der Waals surface area contributed by atoms with Gasteiger partial charge >= 0.3 is 0 Å². The maximum absolute atomic E-state index is 12.3. The van der Waals surface area contributed by atoms with Gasteiger partial charge in [-0.05, 0) is 48.4 Å². The first-order valence-corrected chi connectivity index (χ1v) is 8.39. The molecule has 2 aromatic carbocycles. The van der Waals surface area contributed by atoms with E-state index in [1.807, 2.05) is 49.4 Å². The molecule has 0 atom stereocenters. The molecule has 4 nitrogen and oxygen atoms in total. The third-order valence-electron chi connectivity index (χ3n) is 3.62. The van der Waals surface area contributed by atoms with E-state index in [-0.39, 0.29) is 5.91 Å². The second-order valence-electron chi connectivity index (χ2n) is 5.50. The Bertz CT molecular complexity index is 741. The summed E-state index contributed by atoms with van der Waals surface area (Å²) < 4.78 is 10.8. The van der Waals surface area contributed by atoms with Gasteiger partial charge in [0.1, 0.15) is 0 Å². The molecular formula is C20H22ClNO3. The Kier molecular flexibility index (Phi) is 6.90. The topological polar surface area (TPSA) is 38.8 Å². The number of nitrogens with zero attached hydrogens (tertiary/aromatic N) is 1. The number of likely N-dealkylation sites (N-methyl/N-ethyl adjacent to an activating group) is 1. The summed E-state index contributed by atoms with van der Waals surface area (Å²) >= 11 is 5.87. The molecule has 132 valence electrons. The lowest BCUT2D eigenvalue weighted by Crippen LogP contribution is -2.24. The molecule has 0 saturated heterocycles. The summed E-state index contributed by atoms with van der Waals surface area (Å²) in [5.41, 5.74) is 1.89. The first kappa shape index (κ1) is 18.9. The molecule has 2 aromatic rings. The van der Waals surface area contributed by atoms with E-state index in [2.05, 4.69) is 0 Å². The summed E-state index contributed by atoms with van der Waals surface area (Å²) in [6.45, 7) is 3.01. The summed E-state index contributed by atoms with van der Waals surface area (Å²) in [7, 11) is 3.36. The van der Waals surface area contributed by atoms with E-state index >= 15 is 0 Å². The van der Waals surface area contributed by atoms with Gasteiger partial charge in [0.15, 0.2) is 11.5 Å². The van der Waals surface area contributed by atoms with Crippen molar-refractivity contribution in [2.45, 2.75) is 13.5 Å². The predicted octanol–water partition coefficient (Wildman–Crippen LogP) is 4.42. The van der Waals surface area contributed by atoms with Crippen molar-refractivity contribution in [2.24, 2.45) is 0 Å². The zero-order valence-corrected chi connectivity index (χ0v) is 15.4. The quantitative estimate of drug-likeness (QED) is 0.687. The molecule has 0 unspecified atom stereocenters. The Hall–Kier alpha value is -2.46. The molecular weight excluding hydrogens is 338 g/mol. The minimum atomic E-state index is -0.0807. The number of carbonyl (C=O) groups excluding carboxylic acids is 1. The smallest absolute Gasteiger partial charge is 0.246 e. The highest BCUT2D eigenvalue weighted by atomic mass is 35.5. The molecule has 25 heavy (non-hydrogen) atoms. The summed E-state index contributed by atoms with van der Waals surface area (Å²) in [4.78, 5) is 13.9. The van der Waals surface area contributed by atoms with Gasteiger partial charge in [0.2, 0.25) is 5.91 Å². The lowest BCUT2D eigenvalue weighted by molar-refractivity contribution is -0.125. The Labute approximate surface area is 153 Å². The van der Waals surface area contributed by atoms with Crippen molar-refractivity contribution in [3.63, 3.8) is 0 Å². The average molecular weight is 360 g/mol. The van der Waals surface area contributed by atoms with Crippen molar-refractivity contribution in [3.8, 4) is 11.5 Å². The maximum atomic E-state index is 12.3. The molecule has 0 heterocycles. The number of carbonyl (C=O) groups is 1. The Balaban J connectivity index is 2.02. The molecule has 0 bridgehead atoms. The van der Waals surface area contributed by atoms with Crippen molar-refractivity contribution in [1.29, 1.82) is 0 Å². The molecule has 0 radical (unpaired) electrons. The highest BCUT2D eigenvalue weighted by molar-refractivity contribution is 6.30. The van der Waals surface area contributed by atoms with Gasteiger partial charge in [-0.15, -0.1) is 0 Å². The zero-order chi connectivity index (χ0) is 18.2. The van der Waals surface area contributed by atoms with Crippen molar-refractivity contribution < 1.29 is 14.3 Å². The third kappa shape index (κ3) is 5.54. The van der Waals surface area contributed by atoms with Crippen LogP contribution in [0.3, 0.4) is 0 Å². The van der Waals surface area contributed by atoms with Crippen LogP contribution in [-0.4, -0.2) is 31.6 Å². The van der Waals surface area contributed by atoms with Gasteiger partial charge in [-0.3, -0.25) is 4.79 Å². The number of halogens is 1. The number of rotatable bonds is 7. The molecule has 0 N–H and O–H groups in total. The summed E-state index contributed by atoms with van der Waals surface area (Å²) in [6, 6.07) is 13.0. The summed E-state index contributed by atoms with van der Waals surface area (Å²) in [6.07, 6.45) is 3.31. The van der Waals surface area contributed by atoms with Crippen LogP contribution >= 0.6 is 11.6 Å². The van der Waals surface area contributed by atoms with Gasteiger partial charge in [0, 0.05) is 24.7 Å². The van der Waals surface area contributed by atoms with Gasteiger partial charge < -0.3 is 14.4 Å². The van der Waals surface area contributed by atoms with Crippen LogP contribution in [0.5, 0.6) is 11.5 Å². The molecule has 5 heteroatoms. The minimum Gasteiger partial charge on any atom is -0.493 e. The molecule has 0 aliphatic rings. The summed E-state index contributed by atoms with van der Waals surface area (Å²) in [5, 5.41) is 0.682. The van der Waals surface area contributed by atoms with E-state index in [1.54, 1.807) is 31.2 Å². The number of ether oxygens (including phenoxy) is 2. The fourth-order valence-electron chi connectivity index (χ4n) is 2.30. The average Bonchev–Trinajstić information content (AvgIpc) is 2.62. The van der Waals surface area contributed by atoms with Crippen LogP contribution in [0.15, 0.2) is 48.5 Å². The van der Waals surface area contributed by atoms with Crippen LogP contribution in [-0.2, 0) is 11.3 Å². The Morgan fingerprint density at radius 1 is 1.16 bits per heavy atom. The van der Waals surface area contributed by atoms with Crippen LogP contribution in [0.25, 0.3) is 6.08 Å². The van der Waals surface area contributed by atoms with Gasteiger partial charge in [0.25, 0.3) is 0 Å². The molecule has 0 aliphatic heterocycles. The fraction of sp³-hybridized carbons (Fsp3) is 0.250. The summed E-state index contributed by atoms with van der Waals surface area (Å²) in [5.74, 6) is 1.25. The number of hydrogen-bond donors (Lipinski definition) is 0. The van der Waals surface area contributed by atoms with E-state index in [4.69, 9.17) is 21.1 Å². The monoisotopic (exact) mass is 359 g/mol. The van der Waals surface area contributed by atoms with Gasteiger partial charge in [0.05, 0.1) is 13.7 Å². The predicted molar refractivity (Wildman–Crippen MR) is 101 cm³/mol. The maximum Gasteiger partial charge on any atom is 0.246 e. The highest BCUT2D eigenvalue weighted by Gasteiger charge is 2.07. The molecule has 0 aromatic heterocycles. The van der Waals surface area contributed by atoms with Crippen LogP contribution in [0.1, 0.15) is 18.1 Å². The number of benzene rings is 2. The number of methoxy groups -OCH3 is 1. The van der Waals surface area contributed by atoms with Crippen molar-refractivity contribution in [1.82, 2.24) is 4.90 Å². The van der Waals surface area contributed by atoms with Crippen molar-refractivity contribution >= 4 is 23.6 Å². The van der Waals surface area contributed by atoms with Crippen molar-refractivity contribution in [2.75, 3.05) is 20.8 Å². The second-order valence-corrected chi connectivity index (χ2v) is 5.93. The molecule has 0 aliphatic carbocycles. The van der Waals surface area contributed by atoms with Gasteiger partial charge in [-0.2, -0.15) is 0 Å². The molecule has 1 amide bonds. The van der Waals surface area contributed by atoms with Crippen LogP contribution < -0.4 is 9.47 Å². The first-order chi connectivity index (χ1) is 12.0. The lowest BCUT2D eigenvalue weighted by Gasteiger charge is -2.15. The first-order valence-electron chi connectivity index (χ1n) is 8.02. The normalized spacial score (nSPS) is 10.7. The van der Waals surface area contributed by atoms with E-state index in [9.17, 15) is 4.79 Å². The number of amides is 1. The third-order valence-corrected chi connectivity index (χ3v) is 3.87. The molecule has 0 fully saturated rings. The van der Waals surface area contributed by atoms with Gasteiger partial charge in [-0.25, -0.2) is 0 Å². The van der Waals surface area contributed by atoms with Gasteiger partial charge in [-0.1, -0.05) is 29.8 Å². The number of hydrogen-bond acceptors (Lipinski definition) is 3. The standard InChI is InChI=1S/C20H22ClNO3/c1-4-25-18-11-7-15(13-19(18)24-3)8-12-20(23)22(2)14-16-5-9-17(21)10-6-16/h5-13H,4,14H2,1-3H3.